The Labute approximate surface area is 116 Å². The first-order valence-electron chi connectivity index (χ1n) is 6.83. The highest BCUT2D eigenvalue weighted by Crippen LogP contribution is 2.22. The number of carbonyl (C=O) groups excluding carboxylic acids is 1. The van der Waals surface area contributed by atoms with Crippen molar-refractivity contribution in [2.45, 2.75) is 39.2 Å². The second-order valence-corrected chi connectivity index (χ2v) is 5.18. The zero-order valence-corrected chi connectivity index (χ0v) is 12.4. The molecule has 0 aliphatic heterocycles. The highest BCUT2D eigenvalue weighted by Gasteiger charge is 2.11. The van der Waals surface area contributed by atoms with Gasteiger partial charge in [-0.05, 0) is 31.5 Å². The molecule has 0 saturated carbocycles. The maximum absolute atomic E-state index is 12.1. The van der Waals surface area contributed by atoms with Crippen molar-refractivity contribution in [3.63, 3.8) is 0 Å². The zero-order chi connectivity index (χ0) is 14.4. The summed E-state index contributed by atoms with van der Waals surface area (Å²) in [7, 11) is 3.86. The highest BCUT2D eigenvalue weighted by atomic mass is 16.1. The lowest BCUT2D eigenvalue weighted by molar-refractivity contribution is 0.0938. The Morgan fingerprint density at radius 3 is 2.63 bits per heavy atom. The van der Waals surface area contributed by atoms with E-state index in [9.17, 15) is 4.79 Å². The normalized spacial score (nSPS) is 12.0. The van der Waals surface area contributed by atoms with Gasteiger partial charge in [0.05, 0.1) is 11.4 Å². The Bertz CT molecular complexity index is 429. The van der Waals surface area contributed by atoms with Crippen LogP contribution in [0, 0.1) is 0 Å². The van der Waals surface area contributed by atoms with Crippen LogP contribution < -0.4 is 16.0 Å². The van der Waals surface area contributed by atoms with Gasteiger partial charge in [-0.3, -0.25) is 4.79 Å². The van der Waals surface area contributed by atoms with Crippen molar-refractivity contribution in [2.24, 2.45) is 0 Å². The minimum atomic E-state index is -0.0550. The summed E-state index contributed by atoms with van der Waals surface area (Å²) in [6, 6.07) is 5.62. The Balaban J connectivity index is 2.70. The third kappa shape index (κ3) is 4.47. The highest BCUT2D eigenvalue weighted by molar-refractivity contribution is 5.96. The van der Waals surface area contributed by atoms with Crippen LogP contribution in [0.2, 0.25) is 0 Å². The summed E-state index contributed by atoms with van der Waals surface area (Å²) < 4.78 is 0. The van der Waals surface area contributed by atoms with Crippen molar-refractivity contribution in [3.8, 4) is 0 Å². The molecule has 0 bridgehead atoms. The molecule has 1 aromatic rings. The number of anilines is 2. The van der Waals surface area contributed by atoms with Gasteiger partial charge in [0.25, 0.3) is 5.91 Å². The fraction of sp³-hybridized carbons (Fsp3) is 0.533. The van der Waals surface area contributed by atoms with Gasteiger partial charge >= 0.3 is 0 Å². The lowest BCUT2D eigenvalue weighted by Crippen LogP contribution is -2.32. The number of nitrogens with two attached hydrogens (primary N) is 1. The molecule has 1 rings (SSSR count). The first-order valence-corrected chi connectivity index (χ1v) is 6.83. The molecule has 4 nitrogen and oxygen atoms in total. The topological polar surface area (TPSA) is 58.4 Å². The predicted octanol–water partition coefficient (Wildman–Crippen LogP) is 2.64. The molecule has 1 unspecified atom stereocenters. The lowest BCUT2D eigenvalue weighted by Gasteiger charge is -2.17. The summed E-state index contributed by atoms with van der Waals surface area (Å²) in [6.45, 7) is 4.18. The molecule has 106 valence electrons. The van der Waals surface area contributed by atoms with E-state index >= 15 is 0 Å². The summed E-state index contributed by atoms with van der Waals surface area (Å²) >= 11 is 0. The molecule has 0 aliphatic rings. The van der Waals surface area contributed by atoms with Gasteiger partial charge in [0, 0.05) is 25.7 Å². The van der Waals surface area contributed by atoms with Gasteiger partial charge in [0.1, 0.15) is 0 Å². The number of hydrogen-bond acceptors (Lipinski definition) is 3. The minimum Gasteiger partial charge on any atom is -0.397 e. The van der Waals surface area contributed by atoms with E-state index in [2.05, 4.69) is 12.2 Å². The lowest BCUT2D eigenvalue weighted by atomic mass is 10.1. The predicted molar refractivity (Wildman–Crippen MR) is 81.6 cm³/mol. The van der Waals surface area contributed by atoms with E-state index < -0.39 is 0 Å². The monoisotopic (exact) mass is 263 g/mol. The van der Waals surface area contributed by atoms with Crippen LogP contribution in [0.3, 0.4) is 0 Å². The Hall–Kier alpha value is -1.71. The van der Waals surface area contributed by atoms with Crippen LogP contribution in [-0.4, -0.2) is 26.0 Å². The van der Waals surface area contributed by atoms with Crippen LogP contribution in [0.15, 0.2) is 18.2 Å². The van der Waals surface area contributed by atoms with Gasteiger partial charge in [-0.25, -0.2) is 0 Å². The molecule has 0 fully saturated rings. The van der Waals surface area contributed by atoms with Crippen LogP contribution in [0.1, 0.15) is 43.5 Å². The van der Waals surface area contributed by atoms with E-state index in [1.54, 1.807) is 6.07 Å². The molecule has 3 N–H and O–H groups in total. The van der Waals surface area contributed by atoms with Crippen molar-refractivity contribution in [3.05, 3.63) is 23.8 Å². The van der Waals surface area contributed by atoms with Crippen molar-refractivity contribution in [2.75, 3.05) is 24.7 Å². The second-order valence-electron chi connectivity index (χ2n) is 5.18. The van der Waals surface area contributed by atoms with Crippen molar-refractivity contribution in [1.29, 1.82) is 0 Å². The summed E-state index contributed by atoms with van der Waals surface area (Å²) in [5.41, 5.74) is 8.12. The maximum atomic E-state index is 12.1. The van der Waals surface area contributed by atoms with E-state index in [4.69, 9.17) is 5.73 Å². The Morgan fingerprint density at radius 2 is 2.11 bits per heavy atom. The molecule has 0 spiro atoms. The summed E-state index contributed by atoms with van der Waals surface area (Å²) in [6.07, 6.45) is 3.28. The number of nitrogens with zero attached hydrogens (tertiary/aromatic N) is 1. The van der Waals surface area contributed by atoms with E-state index in [-0.39, 0.29) is 11.9 Å². The number of carbonyl (C=O) groups is 1. The molecular weight excluding hydrogens is 238 g/mol. The van der Waals surface area contributed by atoms with Crippen molar-refractivity contribution in [1.82, 2.24) is 5.32 Å². The summed E-state index contributed by atoms with van der Waals surface area (Å²) in [5, 5.41) is 3.00. The molecular formula is C15H25N3O. The average Bonchev–Trinajstić information content (AvgIpc) is 2.35. The van der Waals surface area contributed by atoms with Crippen LogP contribution in [0.25, 0.3) is 0 Å². The van der Waals surface area contributed by atoms with Crippen LogP contribution >= 0.6 is 0 Å². The van der Waals surface area contributed by atoms with E-state index in [1.807, 2.05) is 38.1 Å². The number of nitrogens with one attached hydrogen (secondary N) is 1. The Kier molecular flexibility index (Phi) is 5.67. The number of unbranched alkanes of at least 4 members (excludes halogenated alkanes) is 1. The molecule has 1 atom stereocenters. The average molecular weight is 263 g/mol. The van der Waals surface area contributed by atoms with E-state index in [0.717, 1.165) is 24.9 Å². The first-order chi connectivity index (χ1) is 8.95. The largest absolute Gasteiger partial charge is 0.397 e. The molecule has 0 heterocycles. The van der Waals surface area contributed by atoms with Gasteiger partial charge < -0.3 is 16.0 Å². The maximum Gasteiger partial charge on any atom is 0.251 e. The molecule has 19 heavy (non-hydrogen) atoms. The molecule has 0 radical (unpaired) electrons. The van der Waals surface area contributed by atoms with Gasteiger partial charge in [-0.1, -0.05) is 19.8 Å². The molecule has 0 aromatic heterocycles. The minimum absolute atomic E-state index is 0.0550. The van der Waals surface area contributed by atoms with E-state index in [0.29, 0.717) is 11.3 Å². The zero-order valence-electron chi connectivity index (χ0n) is 12.4. The third-order valence-corrected chi connectivity index (χ3v) is 3.14. The smallest absolute Gasteiger partial charge is 0.251 e. The Morgan fingerprint density at radius 1 is 1.42 bits per heavy atom. The molecule has 1 amide bonds. The van der Waals surface area contributed by atoms with Gasteiger partial charge in [-0.15, -0.1) is 0 Å². The molecule has 0 saturated heterocycles. The number of benzene rings is 1. The molecule has 0 aliphatic carbocycles. The second kappa shape index (κ2) is 7.02. The standard InChI is InChI=1S/C15H25N3O/c1-5-6-7-11(2)17-15(19)12-8-9-14(18(3)4)13(16)10-12/h8-11H,5-7,16H2,1-4H3,(H,17,19). The van der Waals surface area contributed by atoms with Crippen molar-refractivity contribution >= 4 is 17.3 Å². The van der Waals surface area contributed by atoms with Gasteiger partial charge in [0.15, 0.2) is 0 Å². The quantitative estimate of drug-likeness (QED) is 0.776. The van der Waals surface area contributed by atoms with Crippen LogP contribution in [0.4, 0.5) is 11.4 Å². The number of hydrogen-bond donors (Lipinski definition) is 2. The van der Waals surface area contributed by atoms with E-state index in [1.165, 1.54) is 0 Å². The fourth-order valence-corrected chi connectivity index (χ4v) is 1.99. The summed E-state index contributed by atoms with van der Waals surface area (Å²) in [4.78, 5) is 14.0. The van der Waals surface area contributed by atoms with Crippen LogP contribution in [-0.2, 0) is 0 Å². The molecule has 1 aromatic carbocycles. The number of amides is 1. The number of rotatable bonds is 6. The van der Waals surface area contributed by atoms with Crippen LogP contribution in [0.5, 0.6) is 0 Å². The summed E-state index contributed by atoms with van der Waals surface area (Å²) in [5.74, 6) is -0.0550. The third-order valence-electron chi connectivity index (χ3n) is 3.14. The van der Waals surface area contributed by atoms with Gasteiger partial charge in [-0.2, -0.15) is 0 Å². The SMILES string of the molecule is CCCCC(C)NC(=O)c1ccc(N(C)C)c(N)c1. The number of nitrogen functional groups attached to an aromatic ring is 1. The first kappa shape index (κ1) is 15.3. The molecule has 4 heteroatoms. The van der Waals surface area contributed by atoms with Gasteiger partial charge in [0.2, 0.25) is 0 Å². The fourth-order valence-electron chi connectivity index (χ4n) is 1.99. The van der Waals surface area contributed by atoms with Crippen molar-refractivity contribution < 1.29 is 4.79 Å².